The maximum atomic E-state index is 13.7. The molecule has 5 rings (SSSR count). The molecule has 0 heterocycles. The SMILES string of the molecule is CNC(=O)Oc1ccc(-c2ccc(O)c3c2C[C@H]2C[C@H]4CC(O)=C(C(N)=O)C(=O)[C@@]4(O)C(O)=C2C3=O)cc1. The Bertz CT molecular complexity index is 1490. The number of allylic oxidation sites excluding steroid dienone is 2. The van der Waals surface area contributed by atoms with E-state index < -0.39 is 58.1 Å². The number of hydrogen-bond donors (Lipinski definition) is 6. The Labute approximate surface area is 215 Å². The molecule has 0 saturated carbocycles. The van der Waals surface area contributed by atoms with Crippen LogP contribution in [0.15, 0.2) is 59.1 Å². The monoisotopic (exact) mass is 520 g/mol. The molecule has 7 N–H and O–H groups in total. The van der Waals surface area contributed by atoms with Gasteiger partial charge in [0, 0.05) is 25.0 Å². The molecule has 196 valence electrons. The smallest absolute Gasteiger partial charge is 0.412 e. The summed E-state index contributed by atoms with van der Waals surface area (Å²) in [5.41, 5.74) is 3.28. The van der Waals surface area contributed by atoms with Crippen LogP contribution in [0.5, 0.6) is 11.5 Å². The predicted octanol–water partition coefficient (Wildman–Crippen LogP) is 1.97. The largest absolute Gasteiger partial charge is 0.511 e. The van der Waals surface area contributed by atoms with Crippen LogP contribution in [0.25, 0.3) is 11.1 Å². The Morgan fingerprint density at radius 2 is 1.74 bits per heavy atom. The van der Waals surface area contributed by atoms with Crippen molar-refractivity contribution in [3.05, 3.63) is 70.2 Å². The minimum Gasteiger partial charge on any atom is -0.511 e. The number of ether oxygens (including phenoxy) is 1. The van der Waals surface area contributed by atoms with Crippen molar-refractivity contribution in [3.63, 3.8) is 0 Å². The van der Waals surface area contributed by atoms with Gasteiger partial charge >= 0.3 is 6.09 Å². The normalized spacial score (nSPS) is 24.4. The molecule has 0 fully saturated rings. The molecule has 3 atom stereocenters. The van der Waals surface area contributed by atoms with Crippen LogP contribution in [0.1, 0.15) is 28.8 Å². The first-order valence-electron chi connectivity index (χ1n) is 11.8. The van der Waals surface area contributed by atoms with Crippen molar-refractivity contribution in [2.45, 2.75) is 24.9 Å². The topological polar surface area (TPSA) is 196 Å². The van der Waals surface area contributed by atoms with Gasteiger partial charge in [-0.25, -0.2) is 4.79 Å². The number of carbonyl (C=O) groups is 4. The summed E-state index contributed by atoms with van der Waals surface area (Å²) >= 11 is 0. The lowest BCUT2D eigenvalue weighted by Crippen LogP contribution is -2.57. The Balaban J connectivity index is 1.60. The number of nitrogens with one attached hydrogen (secondary N) is 1. The predicted molar refractivity (Wildman–Crippen MR) is 131 cm³/mol. The lowest BCUT2D eigenvalue weighted by atomic mass is 9.60. The Morgan fingerprint density at radius 3 is 2.37 bits per heavy atom. The van der Waals surface area contributed by atoms with Gasteiger partial charge in [0.25, 0.3) is 5.91 Å². The Morgan fingerprint density at radius 1 is 1.05 bits per heavy atom. The van der Waals surface area contributed by atoms with E-state index >= 15 is 0 Å². The molecule has 0 aliphatic heterocycles. The highest BCUT2D eigenvalue weighted by Gasteiger charge is 2.59. The van der Waals surface area contributed by atoms with Gasteiger partial charge in [-0.05, 0) is 53.6 Å². The van der Waals surface area contributed by atoms with Gasteiger partial charge < -0.3 is 36.2 Å². The first-order valence-corrected chi connectivity index (χ1v) is 11.8. The average molecular weight is 520 g/mol. The fourth-order valence-electron chi connectivity index (χ4n) is 5.75. The van der Waals surface area contributed by atoms with Crippen LogP contribution in [0, 0.1) is 11.8 Å². The first kappa shape index (κ1) is 25.0. The Hall–Kier alpha value is -4.64. The summed E-state index contributed by atoms with van der Waals surface area (Å²) in [5, 5.41) is 45.7. The van der Waals surface area contributed by atoms with E-state index in [9.17, 15) is 39.6 Å². The molecule has 0 saturated heterocycles. The van der Waals surface area contributed by atoms with Crippen LogP contribution < -0.4 is 15.8 Å². The molecule has 11 heteroatoms. The third kappa shape index (κ3) is 3.54. The summed E-state index contributed by atoms with van der Waals surface area (Å²) in [5.74, 6) is -6.46. The number of rotatable bonds is 3. The highest BCUT2D eigenvalue weighted by Crippen LogP contribution is 2.52. The number of ketones is 2. The molecule has 11 nitrogen and oxygen atoms in total. The zero-order chi connectivity index (χ0) is 27.5. The first-order chi connectivity index (χ1) is 18.0. The molecule has 0 radical (unpaired) electrons. The minimum absolute atomic E-state index is 0.0386. The summed E-state index contributed by atoms with van der Waals surface area (Å²) in [4.78, 5) is 49.9. The molecule has 2 aromatic carbocycles. The number of primary amides is 1. The second-order valence-corrected chi connectivity index (χ2v) is 9.56. The maximum absolute atomic E-state index is 13.7. The molecule has 3 aliphatic carbocycles. The van der Waals surface area contributed by atoms with Crippen LogP contribution in [-0.2, 0) is 16.0 Å². The van der Waals surface area contributed by atoms with E-state index in [0.29, 0.717) is 22.4 Å². The lowest BCUT2D eigenvalue weighted by molar-refractivity contribution is -0.144. The van der Waals surface area contributed by atoms with E-state index in [1.54, 1.807) is 30.3 Å². The van der Waals surface area contributed by atoms with Gasteiger partial charge in [-0.15, -0.1) is 0 Å². The summed E-state index contributed by atoms with van der Waals surface area (Å²) in [6.07, 6.45) is -0.715. The number of phenolic OH excluding ortho intramolecular Hbond substituents is 1. The number of hydrogen-bond acceptors (Lipinski definition) is 9. The summed E-state index contributed by atoms with van der Waals surface area (Å²) < 4.78 is 5.10. The van der Waals surface area contributed by atoms with E-state index in [1.165, 1.54) is 13.1 Å². The van der Waals surface area contributed by atoms with E-state index in [2.05, 4.69) is 5.32 Å². The third-order valence-corrected chi connectivity index (χ3v) is 7.53. The highest BCUT2D eigenvalue weighted by molar-refractivity contribution is 6.24. The molecule has 0 unspecified atom stereocenters. The second-order valence-electron chi connectivity index (χ2n) is 9.56. The zero-order valence-electron chi connectivity index (χ0n) is 20.1. The average Bonchev–Trinajstić information content (AvgIpc) is 2.86. The van der Waals surface area contributed by atoms with Gasteiger partial charge in [-0.2, -0.15) is 0 Å². The van der Waals surface area contributed by atoms with E-state index in [0.717, 1.165) is 0 Å². The van der Waals surface area contributed by atoms with Crippen LogP contribution in [0.2, 0.25) is 0 Å². The number of aromatic hydroxyl groups is 1. The van der Waals surface area contributed by atoms with E-state index in [4.69, 9.17) is 10.5 Å². The lowest BCUT2D eigenvalue weighted by Gasteiger charge is -2.45. The summed E-state index contributed by atoms with van der Waals surface area (Å²) in [6.45, 7) is 0. The molecular weight excluding hydrogens is 496 g/mol. The van der Waals surface area contributed by atoms with Crippen molar-refractivity contribution < 1.29 is 44.3 Å². The van der Waals surface area contributed by atoms with Crippen LogP contribution in [0.4, 0.5) is 4.79 Å². The fourth-order valence-corrected chi connectivity index (χ4v) is 5.75. The van der Waals surface area contributed by atoms with Crippen molar-refractivity contribution in [3.8, 4) is 22.6 Å². The number of amides is 2. The number of carbonyl (C=O) groups excluding carboxylic acids is 4. The van der Waals surface area contributed by atoms with Crippen molar-refractivity contribution in [2.24, 2.45) is 17.6 Å². The zero-order valence-corrected chi connectivity index (χ0v) is 20.1. The van der Waals surface area contributed by atoms with Crippen molar-refractivity contribution in [1.29, 1.82) is 0 Å². The van der Waals surface area contributed by atoms with Gasteiger partial charge in [0.15, 0.2) is 11.4 Å². The quantitative estimate of drug-likeness (QED) is 0.328. The highest BCUT2D eigenvalue weighted by atomic mass is 16.5. The molecule has 0 bridgehead atoms. The van der Waals surface area contributed by atoms with Gasteiger partial charge in [0.2, 0.25) is 5.78 Å². The number of nitrogens with two attached hydrogens (primary N) is 1. The van der Waals surface area contributed by atoms with Crippen LogP contribution in [-0.4, -0.2) is 56.6 Å². The standard InChI is InChI=1S/C27H24N2O9/c1-29-26(36)38-14-4-2-11(3-5-14)15-6-7-17(30)20-16(15)9-12-8-13-10-18(31)21(25(28)35)24(34)27(13,37)23(33)19(12)22(20)32/h2-7,12-13,30-31,33,37H,8-10H2,1H3,(H2,28,35)(H,29,36)/t12-,13+,27+/m1/s1. The maximum Gasteiger partial charge on any atom is 0.412 e. The third-order valence-electron chi connectivity index (χ3n) is 7.53. The van der Waals surface area contributed by atoms with Crippen molar-refractivity contribution in [1.82, 2.24) is 5.32 Å². The van der Waals surface area contributed by atoms with Crippen molar-refractivity contribution >= 4 is 23.6 Å². The number of aliphatic hydroxyl groups is 3. The van der Waals surface area contributed by atoms with Gasteiger partial charge in [0.1, 0.15) is 28.6 Å². The molecular formula is C27H24N2O9. The number of Topliss-reactive ketones (excluding diaryl/α,β-unsaturated/α-hetero) is 2. The summed E-state index contributed by atoms with van der Waals surface area (Å²) in [7, 11) is 1.43. The molecule has 0 aromatic heterocycles. The fraction of sp³-hybridized carbons (Fsp3) is 0.259. The number of benzene rings is 2. The molecule has 3 aliphatic rings. The van der Waals surface area contributed by atoms with Crippen LogP contribution in [0.3, 0.4) is 0 Å². The Kier molecular flexibility index (Phi) is 5.75. The number of phenols is 1. The molecule has 2 amide bonds. The number of fused-ring (bicyclic) bond motifs is 3. The van der Waals surface area contributed by atoms with Gasteiger partial charge in [-0.3, -0.25) is 14.4 Å². The second kappa shape index (κ2) is 8.73. The molecule has 2 aromatic rings. The molecule has 38 heavy (non-hydrogen) atoms. The van der Waals surface area contributed by atoms with Gasteiger partial charge in [-0.1, -0.05) is 18.2 Å². The van der Waals surface area contributed by atoms with Crippen LogP contribution >= 0.6 is 0 Å². The minimum atomic E-state index is -2.61. The summed E-state index contributed by atoms with van der Waals surface area (Å²) in [6, 6.07) is 9.49. The van der Waals surface area contributed by atoms with E-state index in [-0.39, 0.29) is 36.1 Å². The van der Waals surface area contributed by atoms with E-state index in [1.807, 2.05) is 0 Å². The number of aliphatic hydroxyl groups excluding tert-OH is 2. The van der Waals surface area contributed by atoms with Gasteiger partial charge in [0.05, 0.1) is 5.56 Å². The van der Waals surface area contributed by atoms with Crippen molar-refractivity contribution in [2.75, 3.05) is 7.05 Å². The molecule has 0 spiro atoms.